The number of hydrogen-bond donors (Lipinski definition) is 2. The molecule has 2 aromatic heterocycles. The first-order valence-corrected chi connectivity index (χ1v) is 6.39. The summed E-state index contributed by atoms with van der Waals surface area (Å²) in [7, 11) is 0. The number of nitrogens with zero attached hydrogens (tertiary/aromatic N) is 1. The van der Waals surface area contributed by atoms with Crippen LogP contribution in [0.4, 0.5) is 11.6 Å². The van der Waals surface area contributed by atoms with Crippen LogP contribution < -0.4 is 11.1 Å². The molecule has 0 aromatic carbocycles. The second-order valence-corrected chi connectivity index (χ2v) is 5.71. The van der Waals surface area contributed by atoms with Gasteiger partial charge < -0.3 is 15.5 Å². The number of nitrogen functional groups attached to an aromatic ring is 1. The first-order chi connectivity index (χ1) is 9.05. The van der Waals surface area contributed by atoms with Gasteiger partial charge in [-0.2, -0.15) is 0 Å². The molecule has 3 N–H and O–H groups in total. The molecule has 0 saturated carbocycles. The molecule has 0 amide bonds. The fraction of sp³-hybridized carbons (Fsp3) is 0.214. The molecule has 19 heavy (non-hydrogen) atoms. The van der Waals surface area contributed by atoms with Gasteiger partial charge in [-0.25, -0.2) is 0 Å². The van der Waals surface area contributed by atoms with Crippen LogP contribution >= 0.6 is 11.6 Å². The fourth-order valence-corrected chi connectivity index (χ4v) is 2.42. The van der Waals surface area contributed by atoms with Crippen molar-refractivity contribution in [1.29, 1.82) is 0 Å². The van der Waals surface area contributed by atoms with Gasteiger partial charge in [-0.05, 0) is 19.1 Å². The van der Waals surface area contributed by atoms with Crippen LogP contribution in [0.3, 0.4) is 0 Å². The molecule has 2 heterocycles. The number of anilines is 2. The van der Waals surface area contributed by atoms with E-state index in [1.165, 1.54) is 0 Å². The predicted molar refractivity (Wildman–Crippen MR) is 78.1 cm³/mol. The van der Waals surface area contributed by atoms with E-state index in [4.69, 9.17) is 21.8 Å². The van der Waals surface area contributed by atoms with E-state index >= 15 is 0 Å². The third-order valence-electron chi connectivity index (χ3n) is 3.08. The average Bonchev–Trinajstić information content (AvgIpc) is 2.65. The van der Waals surface area contributed by atoms with Crippen LogP contribution in [0.2, 0.25) is 0 Å². The number of allylic oxidation sites excluding steroid dienone is 4. The van der Waals surface area contributed by atoms with Crippen molar-refractivity contribution in [2.75, 3.05) is 11.1 Å². The molecule has 1 aliphatic rings. The average molecular weight is 276 g/mol. The zero-order chi connectivity index (χ0) is 13.5. The van der Waals surface area contributed by atoms with E-state index in [1.807, 2.05) is 31.2 Å². The van der Waals surface area contributed by atoms with Crippen LogP contribution in [0.1, 0.15) is 13.3 Å². The largest absolute Gasteiger partial charge is 0.437 e. The summed E-state index contributed by atoms with van der Waals surface area (Å²) in [5.41, 5.74) is 8.35. The molecular formula is C14H14ClN3O. The van der Waals surface area contributed by atoms with Gasteiger partial charge in [-0.3, -0.25) is 4.98 Å². The molecule has 1 atom stereocenters. The summed E-state index contributed by atoms with van der Waals surface area (Å²) < 4.78 is 5.47. The summed E-state index contributed by atoms with van der Waals surface area (Å²) in [5, 5.41) is 4.22. The van der Waals surface area contributed by atoms with E-state index < -0.39 is 0 Å². The number of nitrogens with one attached hydrogen (secondary N) is 1. The first-order valence-electron chi connectivity index (χ1n) is 6.01. The fourth-order valence-electron chi connectivity index (χ4n) is 2.20. The van der Waals surface area contributed by atoms with Gasteiger partial charge in [0.15, 0.2) is 5.58 Å². The van der Waals surface area contributed by atoms with Gasteiger partial charge in [-0.1, -0.05) is 12.2 Å². The smallest absolute Gasteiger partial charge is 0.215 e. The molecule has 0 radical (unpaired) electrons. The summed E-state index contributed by atoms with van der Waals surface area (Å²) in [4.78, 5) is 3.65. The van der Waals surface area contributed by atoms with Crippen LogP contribution in [0, 0.1) is 0 Å². The summed E-state index contributed by atoms with van der Waals surface area (Å²) in [6.07, 6.45) is 9.98. The molecule has 1 aliphatic carbocycles. The molecule has 4 nitrogen and oxygen atoms in total. The molecule has 3 rings (SSSR count). The molecule has 1 unspecified atom stereocenters. The maximum absolute atomic E-state index is 6.33. The minimum atomic E-state index is -0.368. The van der Waals surface area contributed by atoms with Crippen molar-refractivity contribution in [3.63, 3.8) is 0 Å². The molecule has 0 aliphatic heterocycles. The van der Waals surface area contributed by atoms with Crippen LogP contribution in [0.15, 0.2) is 46.8 Å². The Balaban J connectivity index is 1.96. The van der Waals surface area contributed by atoms with Crippen LogP contribution in [-0.4, -0.2) is 9.86 Å². The van der Waals surface area contributed by atoms with Crippen LogP contribution in [-0.2, 0) is 0 Å². The van der Waals surface area contributed by atoms with Crippen molar-refractivity contribution in [2.24, 2.45) is 0 Å². The maximum Gasteiger partial charge on any atom is 0.215 e. The lowest BCUT2D eigenvalue weighted by atomic mass is 9.99. The van der Waals surface area contributed by atoms with Gasteiger partial charge in [0.25, 0.3) is 0 Å². The van der Waals surface area contributed by atoms with Crippen LogP contribution in [0.25, 0.3) is 11.0 Å². The Morgan fingerprint density at radius 1 is 1.53 bits per heavy atom. The summed E-state index contributed by atoms with van der Waals surface area (Å²) in [6, 6.07) is 1.87. The number of rotatable bonds is 2. The molecule has 2 aromatic rings. The highest BCUT2D eigenvalue weighted by Gasteiger charge is 2.22. The second kappa shape index (κ2) is 4.31. The standard InChI is InChI=1S/C14H14ClN3O/c1-14(15)5-2-3-9(7-14)18-12-10-4-6-17-8-11(10)19-13(12)16/h2-6,8,18H,7,16H2,1H3. The molecule has 0 fully saturated rings. The number of aromatic nitrogens is 1. The molecule has 0 bridgehead atoms. The van der Waals surface area contributed by atoms with E-state index in [-0.39, 0.29) is 4.87 Å². The summed E-state index contributed by atoms with van der Waals surface area (Å²) in [5.74, 6) is 0.356. The van der Waals surface area contributed by atoms with Crippen molar-refractivity contribution in [3.8, 4) is 0 Å². The van der Waals surface area contributed by atoms with Gasteiger partial charge in [0, 0.05) is 23.7 Å². The number of halogens is 1. The minimum Gasteiger partial charge on any atom is -0.437 e. The lowest BCUT2D eigenvalue weighted by molar-refractivity contribution is 0.636. The normalized spacial score (nSPS) is 22.5. The highest BCUT2D eigenvalue weighted by atomic mass is 35.5. The Morgan fingerprint density at radius 2 is 2.37 bits per heavy atom. The number of nitrogens with two attached hydrogens (primary N) is 1. The van der Waals surface area contributed by atoms with Gasteiger partial charge in [0.05, 0.1) is 11.1 Å². The lowest BCUT2D eigenvalue weighted by Gasteiger charge is -2.23. The van der Waals surface area contributed by atoms with E-state index in [0.717, 1.165) is 16.8 Å². The molecular weight excluding hydrogens is 262 g/mol. The number of alkyl halides is 1. The second-order valence-electron chi connectivity index (χ2n) is 4.84. The highest BCUT2D eigenvalue weighted by Crippen LogP contribution is 2.36. The Hall–Kier alpha value is -1.94. The Labute approximate surface area is 115 Å². The predicted octanol–water partition coefficient (Wildman–Crippen LogP) is 3.66. The third-order valence-corrected chi connectivity index (χ3v) is 3.34. The highest BCUT2D eigenvalue weighted by molar-refractivity contribution is 6.25. The Morgan fingerprint density at radius 3 is 3.16 bits per heavy atom. The van der Waals surface area contributed by atoms with Gasteiger partial charge >= 0.3 is 0 Å². The molecule has 98 valence electrons. The number of pyridine rings is 1. The Bertz CT molecular complexity index is 685. The van der Waals surface area contributed by atoms with Gasteiger partial charge in [-0.15, -0.1) is 11.6 Å². The molecule has 0 spiro atoms. The van der Waals surface area contributed by atoms with Gasteiger partial charge in [0.2, 0.25) is 5.88 Å². The van der Waals surface area contributed by atoms with Crippen LogP contribution in [0.5, 0.6) is 0 Å². The van der Waals surface area contributed by atoms with E-state index in [2.05, 4.69) is 10.3 Å². The van der Waals surface area contributed by atoms with Crippen molar-refractivity contribution < 1.29 is 4.42 Å². The zero-order valence-corrected chi connectivity index (χ0v) is 11.2. The Kier molecular flexibility index (Phi) is 2.75. The maximum atomic E-state index is 6.33. The minimum absolute atomic E-state index is 0.356. The van der Waals surface area contributed by atoms with Crippen molar-refractivity contribution >= 4 is 34.1 Å². The number of fused-ring (bicyclic) bond motifs is 1. The monoisotopic (exact) mass is 275 g/mol. The van der Waals surface area contributed by atoms with Crippen molar-refractivity contribution in [1.82, 2.24) is 4.98 Å². The van der Waals surface area contributed by atoms with E-state index in [0.29, 0.717) is 17.9 Å². The molecule has 5 heteroatoms. The lowest BCUT2D eigenvalue weighted by Crippen LogP contribution is -2.19. The summed E-state index contributed by atoms with van der Waals surface area (Å²) >= 11 is 6.33. The summed E-state index contributed by atoms with van der Waals surface area (Å²) in [6.45, 7) is 1.97. The van der Waals surface area contributed by atoms with Crippen molar-refractivity contribution in [3.05, 3.63) is 42.4 Å². The SMILES string of the molecule is CC1(Cl)C=CC=C(Nc2c(N)oc3cnccc23)C1. The van der Waals surface area contributed by atoms with Gasteiger partial charge in [0.1, 0.15) is 5.69 Å². The third kappa shape index (κ3) is 2.31. The number of hydrogen-bond acceptors (Lipinski definition) is 4. The topological polar surface area (TPSA) is 64.1 Å². The quantitative estimate of drug-likeness (QED) is 0.821. The molecule has 0 saturated heterocycles. The first kappa shape index (κ1) is 12.1. The van der Waals surface area contributed by atoms with E-state index in [9.17, 15) is 0 Å². The van der Waals surface area contributed by atoms with Crippen molar-refractivity contribution in [2.45, 2.75) is 18.2 Å². The number of furan rings is 1. The van der Waals surface area contributed by atoms with E-state index in [1.54, 1.807) is 12.4 Å². The zero-order valence-electron chi connectivity index (χ0n) is 10.5.